The summed E-state index contributed by atoms with van der Waals surface area (Å²) in [6, 6.07) is 3.57. The highest BCUT2D eigenvalue weighted by atomic mass is 16.5. The van der Waals surface area contributed by atoms with E-state index < -0.39 is 11.5 Å². The van der Waals surface area contributed by atoms with Crippen LogP contribution in [0.5, 0.6) is 11.5 Å². The van der Waals surface area contributed by atoms with E-state index in [-0.39, 0.29) is 16.9 Å². The minimum absolute atomic E-state index is 0.00465. The van der Waals surface area contributed by atoms with Crippen molar-refractivity contribution >= 4 is 5.78 Å². The summed E-state index contributed by atoms with van der Waals surface area (Å²) in [6.07, 6.45) is 3.97. The lowest BCUT2D eigenvalue weighted by Gasteiger charge is -2.51. The second-order valence-corrected chi connectivity index (χ2v) is 7.10. The molecule has 1 N–H and O–H groups in total. The molecule has 118 valence electrons. The van der Waals surface area contributed by atoms with Crippen LogP contribution in [-0.2, 0) is 10.2 Å². The Morgan fingerprint density at radius 1 is 1.36 bits per heavy atom. The maximum Gasteiger partial charge on any atom is 0.196 e. The van der Waals surface area contributed by atoms with E-state index in [2.05, 4.69) is 33.8 Å². The van der Waals surface area contributed by atoms with Crippen LogP contribution in [0.15, 0.2) is 24.3 Å². The fraction of sp³-hybridized carbons (Fsp3) is 0.526. The van der Waals surface area contributed by atoms with Crippen LogP contribution < -0.4 is 4.74 Å². The molecule has 0 saturated heterocycles. The summed E-state index contributed by atoms with van der Waals surface area (Å²) in [5, 5.41) is 10.3. The first kappa shape index (κ1) is 15.1. The Morgan fingerprint density at radius 3 is 2.64 bits per heavy atom. The lowest BCUT2D eigenvalue weighted by molar-refractivity contribution is -0.127. The molecular formula is C19H24O3. The number of carbonyl (C=O) groups excluding carboxylic acids is 1. The van der Waals surface area contributed by atoms with Gasteiger partial charge in [0.25, 0.3) is 0 Å². The van der Waals surface area contributed by atoms with E-state index in [9.17, 15) is 9.90 Å². The van der Waals surface area contributed by atoms with E-state index in [0.717, 1.165) is 17.5 Å². The van der Waals surface area contributed by atoms with Gasteiger partial charge in [0.15, 0.2) is 23.4 Å². The predicted octanol–water partition coefficient (Wildman–Crippen LogP) is 3.91. The SMILES string of the molecule is CCC12c3c(C)ccc(O)c3OC1C(=O)C=CC2(C)C(C)C. The van der Waals surface area contributed by atoms with Crippen molar-refractivity contribution in [2.45, 2.75) is 52.6 Å². The molecule has 1 aromatic rings. The average molecular weight is 300 g/mol. The summed E-state index contributed by atoms with van der Waals surface area (Å²) >= 11 is 0. The number of carbonyl (C=O) groups is 1. The highest BCUT2D eigenvalue weighted by molar-refractivity contribution is 5.98. The van der Waals surface area contributed by atoms with Crippen molar-refractivity contribution in [3.05, 3.63) is 35.4 Å². The number of aromatic hydroxyl groups is 1. The lowest BCUT2D eigenvalue weighted by Crippen LogP contribution is -2.57. The smallest absolute Gasteiger partial charge is 0.196 e. The number of phenolic OH excluding ortho intramolecular Hbond substituents is 1. The molecule has 1 heterocycles. The van der Waals surface area contributed by atoms with Gasteiger partial charge in [-0.3, -0.25) is 4.79 Å². The largest absolute Gasteiger partial charge is 0.504 e. The maximum atomic E-state index is 12.5. The van der Waals surface area contributed by atoms with Gasteiger partial charge in [-0.1, -0.05) is 39.8 Å². The molecule has 2 aliphatic rings. The van der Waals surface area contributed by atoms with Gasteiger partial charge in [-0.25, -0.2) is 0 Å². The molecule has 3 heteroatoms. The number of phenols is 1. The number of benzene rings is 1. The number of allylic oxidation sites excluding steroid dienone is 1. The number of hydrogen-bond acceptors (Lipinski definition) is 3. The van der Waals surface area contributed by atoms with Gasteiger partial charge in [-0.05, 0) is 37.0 Å². The summed E-state index contributed by atoms with van der Waals surface area (Å²) in [5.74, 6) is 0.961. The molecule has 0 amide bonds. The summed E-state index contributed by atoms with van der Waals surface area (Å²) < 4.78 is 6.02. The van der Waals surface area contributed by atoms with E-state index in [1.54, 1.807) is 12.1 Å². The third-order valence-electron chi connectivity index (χ3n) is 6.05. The molecule has 1 aromatic carbocycles. The lowest BCUT2D eigenvalue weighted by atomic mass is 9.50. The number of fused-ring (bicyclic) bond motifs is 3. The number of rotatable bonds is 2. The first-order valence-electron chi connectivity index (χ1n) is 8.02. The topological polar surface area (TPSA) is 46.5 Å². The van der Waals surface area contributed by atoms with E-state index in [1.807, 2.05) is 13.0 Å². The Kier molecular flexibility index (Phi) is 3.17. The minimum atomic E-state index is -0.545. The van der Waals surface area contributed by atoms with E-state index in [0.29, 0.717) is 11.7 Å². The van der Waals surface area contributed by atoms with Crippen molar-refractivity contribution in [2.75, 3.05) is 0 Å². The van der Waals surface area contributed by atoms with Gasteiger partial charge in [0.1, 0.15) is 0 Å². The molecule has 0 spiro atoms. The molecule has 1 aliphatic carbocycles. The zero-order valence-corrected chi connectivity index (χ0v) is 13.9. The van der Waals surface area contributed by atoms with Crippen LogP contribution in [0.3, 0.4) is 0 Å². The van der Waals surface area contributed by atoms with Crippen molar-refractivity contribution in [3.8, 4) is 11.5 Å². The van der Waals surface area contributed by atoms with Crippen LogP contribution in [0.1, 0.15) is 45.2 Å². The normalized spacial score (nSPS) is 32.8. The van der Waals surface area contributed by atoms with E-state index >= 15 is 0 Å². The average Bonchev–Trinajstić information content (AvgIpc) is 2.86. The first-order chi connectivity index (χ1) is 10.3. The second kappa shape index (κ2) is 4.61. The number of aryl methyl sites for hydroxylation is 1. The third kappa shape index (κ3) is 1.54. The monoisotopic (exact) mass is 300 g/mol. The molecule has 3 unspecified atom stereocenters. The van der Waals surface area contributed by atoms with Crippen molar-refractivity contribution in [2.24, 2.45) is 11.3 Å². The molecular weight excluding hydrogens is 276 g/mol. The molecule has 3 atom stereocenters. The Morgan fingerprint density at radius 2 is 2.05 bits per heavy atom. The van der Waals surface area contributed by atoms with Crippen LogP contribution in [0, 0.1) is 18.3 Å². The van der Waals surface area contributed by atoms with E-state index in [4.69, 9.17) is 4.74 Å². The highest BCUT2D eigenvalue weighted by Gasteiger charge is 2.63. The molecule has 3 rings (SSSR count). The van der Waals surface area contributed by atoms with Gasteiger partial charge >= 0.3 is 0 Å². The summed E-state index contributed by atoms with van der Waals surface area (Å²) in [4.78, 5) is 12.5. The molecule has 1 aliphatic heterocycles. The van der Waals surface area contributed by atoms with E-state index in [1.165, 1.54) is 0 Å². The van der Waals surface area contributed by atoms with Crippen LogP contribution in [0.25, 0.3) is 0 Å². The Bertz CT molecular complexity index is 674. The third-order valence-corrected chi connectivity index (χ3v) is 6.05. The standard InChI is InChI=1S/C19H24O3/c1-6-19-15-12(4)7-8-13(20)16(15)22-17(19)14(21)9-10-18(19,5)11(2)3/h7-11,17,20H,6H2,1-5H3. The molecule has 0 saturated carbocycles. The zero-order valence-electron chi connectivity index (χ0n) is 13.9. The summed E-state index contributed by atoms with van der Waals surface area (Å²) in [5.41, 5.74) is 1.45. The Labute approximate surface area is 132 Å². The number of ether oxygens (including phenoxy) is 1. The molecule has 22 heavy (non-hydrogen) atoms. The van der Waals surface area contributed by atoms with Crippen LogP contribution in [0.2, 0.25) is 0 Å². The Balaban J connectivity index is 2.39. The van der Waals surface area contributed by atoms with Gasteiger partial charge < -0.3 is 9.84 Å². The quantitative estimate of drug-likeness (QED) is 0.900. The van der Waals surface area contributed by atoms with Gasteiger partial charge in [0.2, 0.25) is 0 Å². The van der Waals surface area contributed by atoms with Crippen molar-refractivity contribution in [1.82, 2.24) is 0 Å². The van der Waals surface area contributed by atoms with Crippen molar-refractivity contribution in [1.29, 1.82) is 0 Å². The van der Waals surface area contributed by atoms with Gasteiger partial charge in [0, 0.05) is 11.0 Å². The second-order valence-electron chi connectivity index (χ2n) is 7.10. The highest BCUT2D eigenvalue weighted by Crippen LogP contribution is 2.62. The number of ketones is 1. The van der Waals surface area contributed by atoms with Crippen LogP contribution >= 0.6 is 0 Å². The summed E-state index contributed by atoms with van der Waals surface area (Å²) in [7, 11) is 0. The van der Waals surface area contributed by atoms with Gasteiger partial charge in [-0.15, -0.1) is 0 Å². The molecule has 0 bridgehead atoms. The molecule has 3 nitrogen and oxygen atoms in total. The molecule has 0 aromatic heterocycles. The predicted molar refractivity (Wildman–Crippen MR) is 86.3 cm³/mol. The summed E-state index contributed by atoms with van der Waals surface area (Å²) in [6.45, 7) is 10.7. The number of hydrogen-bond donors (Lipinski definition) is 1. The van der Waals surface area contributed by atoms with Crippen LogP contribution in [0.4, 0.5) is 0 Å². The fourth-order valence-corrected chi connectivity index (χ4v) is 4.49. The van der Waals surface area contributed by atoms with Gasteiger partial charge in [0.05, 0.1) is 5.41 Å². The Hall–Kier alpha value is -1.77. The molecule has 0 fully saturated rings. The molecule has 0 radical (unpaired) electrons. The maximum absolute atomic E-state index is 12.5. The first-order valence-corrected chi connectivity index (χ1v) is 8.02. The van der Waals surface area contributed by atoms with Gasteiger partial charge in [-0.2, -0.15) is 0 Å². The van der Waals surface area contributed by atoms with Crippen molar-refractivity contribution in [3.63, 3.8) is 0 Å². The van der Waals surface area contributed by atoms with Crippen molar-refractivity contribution < 1.29 is 14.6 Å². The fourth-order valence-electron chi connectivity index (χ4n) is 4.49. The zero-order chi connectivity index (χ0) is 16.3. The minimum Gasteiger partial charge on any atom is -0.504 e. The van der Waals surface area contributed by atoms with Crippen LogP contribution in [-0.4, -0.2) is 17.0 Å².